The topological polar surface area (TPSA) is 149 Å². The molecule has 0 spiro atoms. The summed E-state index contributed by atoms with van der Waals surface area (Å²) in [6, 6.07) is -0.743. The summed E-state index contributed by atoms with van der Waals surface area (Å²) in [5.41, 5.74) is 0. The molecule has 0 bridgehead atoms. The molecule has 1 aliphatic heterocycles. The van der Waals surface area contributed by atoms with Crippen LogP contribution in [0.3, 0.4) is 0 Å². The average Bonchev–Trinajstić information content (AvgIpc) is 3.32. The molecule has 0 saturated carbocycles. The van der Waals surface area contributed by atoms with Gasteiger partial charge < -0.3 is 40.3 Å². The fourth-order valence-electron chi connectivity index (χ4n) is 6.99. The van der Waals surface area contributed by atoms with Gasteiger partial charge in [-0.1, -0.05) is 192 Å². The van der Waals surface area contributed by atoms with Crippen molar-refractivity contribution in [2.24, 2.45) is 0 Å². The van der Waals surface area contributed by atoms with Gasteiger partial charge in [0.1, 0.15) is 24.4 Å². The molecule has 66 heavy (non-hydrogen) atoms. The van der Waals surface area contributed by atoms with Gasteiger partial charge in [-0.25, -0.2) is 0 Å². The Morgan fingerprint density at radius 3 is 1.38 bits per heavy atom. The first kappa shape index (κ1) is 60.3. The predicted molar refractivity (Wildman–Crippen MR) is 276 cm³/mol. The third-order valence-electron chi connectivity index (χ3n) is 11.0. The number of rotatable bonds is 40. The molecular formula is C57H91NO8. The number of carbonyl (C=O) groups is 1. The fraction of sp³-hybridized carbons (Fsp3) is 0.596. The number of unbranched alkanes of at least 4 members (excludes halogenated alkanes) is 8. The van der Waals surface area contributed by atoms with Crippen molar-refractivity contribution < 1.29 is 39.8 Å². The molecule has 1 rings (SSSR count). The van der Waals surface area contributed by atoms with Crippen molar-refractivity contribution in [1.82, 2.24) is 5.32 Å². The van der Waals surface area contributed by atoms with Gasteiger partial charge in [-0.05, 0) is 96.3 Å². The van der Waals surface area contributed by atoms with Gasteiger partial charge in [0.25, 0.3) is 0 Å². The smallest absolute Gasteiger partial charge is 0.220 e. The minimum atomic E-state index is -1.57. The van der Waals surface area contributed by atoms with Crippen LogP contribution < -0.4 is 5.32 Å². The van der Waals surface area contributed by atoms with E-state index in [9.17, 15) is 30.3 Å². The Hall–Kier alpha value is -3.67. The normalized spacial score (nSPS) is 21.0. The van der Waals surface area contributed by atoms with Crippen LogP contribution in [0.5, 0.6) is 0 Å². The number of nitrogens with one attached hydrogen (secondary N) is 1. The first-order valence-electron chi connectivity index (χ1n) is 25.4. The molecule has 1 saturated heterocycles. The Morgan fingerprint density at radius 2 is 0.939 bits per heavy atom. The van der Waals surface area contributed by atoms with Gasteiger partial charge in [0.05, 0.1) is 25.4 Å². The van der Waals surface area contributed by atoms with E-state index in [1.54, 1.807) is 0 Å². The molecule has 0 aliphatic carbocycles. The van der Waals surface area contributed by atoms with Crippen molar-refractivity contribution in [3.8, 4) is 0 Å². The lowest BCUT2D eigenvalue weighted by Gasteiger charge is -2.40. The lowest BCUT2D eigenvalue weighted by atomic mass is 9.99. The van der Waals surface area contributed by atoms with Crippen LogP contribution in [-0.4, -0.2) is 87.5 Å². The first-order chi connectivity index (χ1) is 32.3. The zero-order valence-corrected chi connectivity index (χ0v) is 40.9. The zero-order chi connectivity index (χ0) is 48.0. The third-order valence-corrected chi connectivity index (χ3v) is 11.0. The molecule has 9 heteroatoms. The van der Waals surface area contributed by atoms with Crippen molar-refractivity contribution in [3.63, 3.8) is 0 Å². The molecule has 0 radical (unpaired) electrons. The van der Waals surface area contributed by atoms with Crippen LogP contribution in [0.25, 0.3) is 0 Å². The van der Waals surface area contributed by atoms with Crippen LogP contribution in [0.2, 0.25) is 0 Å². The number of hydrogen-bond donors (Lipinski definition) is 6. The van der Waals surface area contributed by atoms with Crippen molar-refractivity contribution >= 4 is 5.91 Å². The molecule has 1 aliphatic rings. The number of aliphatic hydroxyl groups excluding tert-OH is 5. The van der Waals surface area contributed by atoms with E-state index >= 15 is 0 Å². The molecule has 7 atom stereocenters. The molecule has 1 fully saturated rings. The highest BCUT2D eigenvalue weighted by Gasteiger charge is 2.44. The average molecular weight is 918 g/mol. The molecular weight excluding hydrogens is 827 g/mol. The molecule has 0 aromatic heterocycles. The van der Waals surface area contributed by atoms with E-state index in [0.29, 0.717) is 12.8 Å². The lowest BCUT2D eigenvalue weighted by molar-refractivity contribution is -0.302. The Morgan fingerprint density at radius 1 is 0.530 bits per heavy atom. The molecule has 9 nitrogen and oxygen atoms in total. The highest BCUT2D eigenvalue weighted by Crippen LogP contribution is 2.23. The second kappa shape index (κ2) is 45.1. The van der Waals surface area contributed by atoms with Crippen molar-refractivity contribution in [3.05, 3.63) is 134 Å². The van der Waals surface area contributed by atoms with Gasteiger partial charge in [0, 0.05) is 6.42 Å². The van der Waals surface area contributed by atoms with Crippen LogP contribution in [-0.2, 0) is 14.3 Å². The quantitative estimate of drug-likeness (QED) is 0.0263. The van der Waals surface area contributed by atoms with Gasteiger partial charge in [-0.2, -0.15) is 0 Å². The molecule has 6 N–H and O–H groups in total. The summed E-state index contributed by atoms with van der Waals surface area (Å²) in [6.45, 7) is 3.60. The largest absolute Gasteiger partial charge is 0.394 e. The SMILES string of the molecule is CC/C=C\C/C=C\C/C=C\C/C=C\C/C=C\C/C=C\C/C=C\C/C=C\C/C=C\C/C=C\C/C=C\CCCCCC(=O)NC(COC1OC(CO)C(O)C(O)C1O)C(O)CCCCCCCC. The van der Waals surface area contributed by atoms with E-state index in [0.717, 1.165) is 128 Å². The predicted octanol–water partition coefficient (Wildman–Crippen LogP) is 11.8. The van der Waals surface area contributed by atoms with E-state index in [4.69, 9.17) is 9.47 Å². The number of hydrogen-bond acceptors (Lipinski definition) is 8. The van der Waals surface area contributed by atoms with E-state index < -0.39 is 49.5 Å². The molecule has 372 valence electrons. The standard InChI is InChI=1S/C57H91NO8/c1-3-5-7-9-11-12-13-14-15-16-17-18-19-20-21-22-23-24-25-26-27-28-29-30-31-32-33-34-35-36-37-38-39-40-41-43-45-47-53(61)58-50(51(60)46-44-42-10-8-6-4-2)49-65-57-56(64)55(63)54(62)52(48-59)66-57/h5,7,11-12,14-15,17-18,20-21,23-24,26-27,29-30,32-33,35-36,38-39,50-52,54-57,59-60,62-64H,3-4,6,8-10,13,16,19,22,25,28,31,34,37,40-49H2,1-2H3,(H,58,61)/b7-5-,12-11-,15-14-,18-17-,21-20-,24-23-,27-26-,30-29-,33-32-,36-35-,39-38-. The van der Waals surface area contributed by atoms with Crippen molar-refractivity contribution in [2.75, 3.05) is 13.2 Å². The second-order valence-corrected chi connectivity index (χ2v) is 16.9. The molecule has 7 unspecified atom stereocenters. The van der Waals surface area contributed by atoms with Crippen LogP contribution in [0.1, 0.15) is 162 Å². The molecule has 1 amide bonds. The third kappa shape index (κ3) is 34.6. The number of amides is 1. The van der Waals surface area contributed by atoms with Crippen molar-refractivity contribution in [1.29, 1.82) is 0 Å². The Kier molecular flexibility index (Phi) is 41.3. The van der Waals surface area contributed by atoms with Gasteiger partial charge in [0.15, 0.2) is 6.29 Å². The van der Waals surface area contributed by atoms with Gasteiger partial charge in [0.2, 0.25) is 5.91 Å². The fourth-order valence-corrected chi connectivity index (χ4v) is 6.99. The Balaban J connectivity index is 2.16. The van der Waals surface area contributed by atoms with E-state index in [1.807, 2.05) is 0 Å². The maximum atomic E-state index is 12.9. The number of allylic oxidation sites excluding steroid dienone is 22. The van der Waals surface area contributed by atoms with Gasteiger partial charge in [-0.15, -0.1) is 0 Å². The summed E-state index contributed by atoms with van der Waals surface area (Å²) in [6.07, 6.45) is 62.3. The minimum Gasteiger partial charge on any atom is -0.394 e. The van der Waals surface area contributed by atoms with Crippen LogP contribution in [0.4, 0.5) is 0 Å². The van der Waals surface area contributed by atoms with E-state index in [1.165, 1.54) is 6.42 Å². The maximum Gasteiger partial charge on any atom is 0.220 e. The van der Waals surface area contributed by atoms with Crippen LogP contribution in [0, 0.1) is 0 Å². The summed E-state index contributed by atoms with van der Waals surface area (Å²) in [4.78, 5) is 12.9. The number of aliphatic hydroxyl groups is 5. The molecule has 1 heterocycles. The summed E-state index contributed by atoms with van der Waals surface area (Å²) >= 11 is 0. The Bertz CT molecular complexity index is 1480. The summed E-state index contributed by atoms with van der Waals surface area (Å²) in [5, 5.41) is 54.0. The highest BCUT2D eigenvalue weighted by atomic mass is 16.7. The molecule has 0 aromatic carbocycles. The second-order valence-electron chi connectivity index (χ2n) is 16.9. The molecule has 0 aromatic rings. The monoisotopic (exact) mass is 918 g/mol. The van der Waals surface area contributed by atoms with Crippen molar-refractivity contribution in [2.45, 2.75) is 204 Å². The van der Waals surface area contributed by atoms with Crippen LogP contribution >= 0.6 is 0 Å². The summed E-state index contributed by atoms with van der Waals surface area (Å²) < 4.78 is 11.2. The van der Waals surface area contributed by atoms with E-state index in [-0.39, 0.29) is 12.5 Å². The maximum absolute atomic E-state index is 12.9. The highest BCUT2D eigenvalue weighted by molar-refractivity contribution is 5.76. The number of ether oxygens (including phenoxy) is 2. The van der Waals surface area contributed by atoms with Crippen LogP contribution in [0.15, 0.2) is 134 Å². The summed E-state index contributed by atoms with van der Waals surface area (Å²) in [5.74, 6) is -0.189. The lowest BCUT2D eigenvalue weighted by Crippen LogP contribution is -2.60. The summed E-state index contributed by atoms with van der Waals surface area (Å²) in [7, 11) is 0. The van der Waals surface area contributed by atoms with Gasteiger partial charge >= 0.3 is 0 Å². The minimum absolute atomic E-state index is 0.163. The zero-order valence-electron chi connectivity index (χ0n) is 40.9. The van der Waals surface area contributed by atoms with E-state index in [2.05, 4.69) is 153 Å². The van der Waals surface area contributed by atoms with Gasteiger partial charge in [-0.3, -0.25) is 4.79 Å². The first-order valence-corrected chi connectivity index (χ1v) is 25.4. The number of carbonyl (C=O) groups excluding carboxylic acids is 1. The Labute approximate surface area is 400 Å².